The lowest BCUT2D eigenvalue weighted by molar-refractivity contribution is -0.173. The third-order valence-electron chi connectivity index (χ3n) is 3.14. The van der Waals surface area contributed by atoms with Crippen LogP contribution in [0.1, 0.15) is 27.7 Å². The number of hydrogen-bond donors (Lipinski definition) is 0. The first-order chi connectivity index (χ1) is 12.1. The Bertz CT molecular complexity index is 621. The Labute approximate surface area is 153 Å². The molecule has 0 bridgehead atoms. The molecule has 5 atom stereocenters. The second kappa shape index (κ2) is 9.88. The summed E-state index contributed by atoms with van der Waals surface area (Å²) in [6, 6.07) is -1.14. The van der Waals surface area contributed by atoms with E-state index < -0.39 is 52.8 Å². The molecule has 0 saturated carbocycles. The van der Waals surface area contributed by atoms with Crippen molar-refractivity contribution in [2.45, 2.75) is 56.6 Å². The van der Waals surface area contributed by atoms with Gasteiger partial charge in [0.2, 0.25) is 0 Å². The zero-order valence-electron chi connectivity index (χ0n) is 14.6. The van der Waals surface area contributed by atoms with Gasteiger partial charge in [-0.2, -0.15) is 0 Å². The van der Waals surface area contributed by atoms with E-state index in [1.54, 1.807) is 0 Å². The van der Waals surface area contributed by atoms with E-state index in [2.05, 4.69) is 10.0 Å². The quantitative estimate of drug-likeness (QED) is 0.213. The molecule has 26 heavy (non-hydrogen) atoms. The van der Waals surface area contributed by atoms with Crippen LogP contribution in [0.4, 0.5) is 0 Å². The van der Waals surface area contributed by atoms with Crippen molar-refractivity contribution in [3.63, 3.8) is 0 Å². The third kappa shape index (κ3) is 6.45. The number of nitrogens with zero attached hydrogens (tertiary/aromatic N) is 3. The van der Waals surface area contributed by atoms with Gasteiger partial charge < -0.3 is 18.9 Å². The second-order valence-electron chi connectivity index (χ2n) is 5.30. The van der Waals surface area contributed by atoms with Gasteiger partial charge in [0, 0.05) is 32.6 Å². The molecule has 0 radical (unpaired) electrons. The van der Waals surface area contributed by atoms with Crippen LogP contribution in [-0.2, 0) is 38.1 Å². The SMILES string of the molecule is CC(=O)OC[C@@H]1S[C@H](OC(C)=O)[C@@H](N=[N+]=[N-])[C@@H](OC(C)=O)[C@@H]1OC(C)=O. The molecule has 0 aliphatic carbocycles. The number of azide groups is 1. The average molecular weight is 389 g/mol. The Morgan fingerprint density at radius 1 is 0.923 bits per heavy atom. The van der Waals surface area contributed by atoms with Crippen LogP contribution < -0.4 is 0 Å². The molecule has 1 heterocycles. The van der Waals surface area contributed by atoms with Gasteiger partial charge >= 0.3 is 23.9 Å². The lowest BCUT2D eigenvalue weighted by Crippen LogP contribution is -2.57. The molecule has 0 aromatic heterocycles. The topological polar surface area (TPSA) is 154 Å². The average Bonchev–Trinajstić information content (AvgIpc) is 2.49. The highest BCUT2D eigenvalue weighted by molar-refractivity contribution is 8.00. The standard InChI is InChI=1S/C14H19N3O8S/c1-6(18)22-5-10-12(23-7(2)19)13(24-8(3)20)11(16-17-15)14(26-10)25-9(4)21/h10-14H,5H2,1-4H3/t10-,11-,12+,13+,14-/m0/s1. The highest BCUT2D eigenvalue weighted by Gasteiger charge is 2.51. The molecule has 1 rings (SSSR count). The van der Waals surface area contributed by atoms with Gasteiger partial charge in [0.15, 0.2) is 17.6 Å². The monoisotopic (exact) mass is 389 g/mol. The molecule has 1 saturated heterocycles. The molecule has 0 unspecified atom stereocenters. The first-order valence-corrected chi connectivity index (χ1v) is 8.44. The van der Waals surface area contributed by atoms with Crippen molar-refractivity contribution in [2.75, 3.05) is 6.61 Å². The molecular weight excluding hydrogens is 370 g/mol. The zero-order valence-corrected chi connectivity index (χ0v) is 15.4. The maximum absolute atomic E-state index is 11.5. The van der Waals surface area contributed by atoms with Crippen molar-refractivity contribution in [3.8, 4) is 0 Å². The van der Waals surface area contributed by atoms with Crippen molar-refractivity contribution in [2.24, 2.45) is 5.11 Å². The minimum absolute atomic E-state index is 0.198. The number of thioether (sulfide) groups is 1. The van der Waals surface area contributed by atoms with Crippen LogP contribution in [0.15, 0.2) is 5.11 Å². The van der Waals surface area contributed by atoms with Gasteiger partial charge in [-0.05, 0) is 5.53 Å². The van der Waals surface area contributed by atoms with Crippen LogP contribution in [-0.4, -0.2) is 59.4 Å². The lowest BCUT2D eigenvalue weighted by atomic mass is 10.0. The van der Waals surface area contributed by atoms with Gasteiger partial charge in [-0.3, -0.25) is 19.2 Å². The van der Waals surface area contributed by atoms with E-state index in [1.165, 1.54) is 6.92 Å². The van der Waals surface area contributed by atoms with Gasteiger partial charge in [0.05, 0.1) is 5.25 Å². The highest BCUT2D eigenvalue weighted by atomic mass is 32.2. The summed E-state index contributed by atoms with van der Waals surface area (Å²) in [5.74, 6) is -2.62. The zero-order chi connectivity index (χ0) is 19.9. The van der Waals surface area contributed by atoms with Crippen LogP contribution in [0.3, 0.4) is 0 Å². The van der Waals surface area contributed by atoms with E-state index in [9.17, 15) is 19.2 Å². The predicted octanol–water partition coefficient (Wildman–Crippen LogP) is 1.10. The molecule has 0 aromatic rings. The number of hydrogen-bond acceptors (Lipinski definition) is 10. The summed E-state index contributed by atoms with van der Waals surface area (Å²) in [7, 11) is 0. The minimum atomic E-state index is -1.22. The van der Waals surface area contributed by atoms with E-state index in [0.29, 0.717) is 0 Å². The number of rotatable bonds is 6. The molecule has 0 N–H and O–H groups in total. The van der Waals surface area contributed by atoms with Gasteiger partial charge in [-0.25, -0.2) is 0 Å². The summed E-state index contributed by atoms with van der Waals surface area (Å²) in [5, 5.41) is 2.83. The first kappa shape index (κ1) is 21.6. The van der Waals surface area contributed by atoms with Gasteiger partial charge in [-0.15, -0.1) is 11.8 Å². The predicted molar refractivity (Wildman–Crippen MR) is 87.6 cm³/mol. The fourth-order valence-corrected chi connectivity index (χ4v) is 3.75. The van der Waals surface area contributed by atoms with Gasteiger partial charge in [0.1, 0.15) is 12.6 Å². The Morgan fingerprint density at radius 3 is 1.92 bits per heavy atom. The largest absolute Gasteiger partial charge is 0.465 e. The van der Waals surface area contributed by atoms with Gasteiger partial charge in [-0.1, -0.05) is 5.11 Å². The van der Waals surface area contributed by atoms with Crippen LogP contribution in [0, 0.1) is 0 Å². The maximum atomic E-state index is 11.5. The Morgan fingerprint density at radius 2 is 1.46 bits per heavy atom. The smallest absolute Gasteiger partial charge is 0.303 e. The minimum Gasteiger partial charge on any atom is -0.465 e. The summed E-state index contributed by atoms with van der Waals surface area (Å²) in [6.45, 7) is 4.44. The fraction of sp³-hybridized carbons (Fsp3) is 0.714. The summed E-state index contributed by atoms with van der Waals surface area (Å²) >= 11 is 0.977. The maximum Gasteiger partial charge on any atom is 0.303 e. The molecular formula is C14H19N3O8S. The molecule has 12 heteroatoms. The van der Waals surface area contributed by atoms with Crippen LogP contribution in [0.2, 0.25) is 0 Å². The summed E-state index contributed by atoms with van der Waals surface area (Å²) in [6.07, 6.45) is -2.30. The van der Waals surface area contributed by atoms with Crippen LogP contribution in [0.5, 0.6) is 0 Å². The normalized spacial score (nSPS) is 27.5. The number of esters is 4. The van der Waals surface area contributed by atoms with Crippen LogP contribution in [0.25, 0.3) is 10.4 Å². The molecule has 0 amide bonds. The Kier molecular flexibility index (Phi) is 8.20. The third-order valence-corrected chi connectivity index (χ3v) is 4.53. The molecule has 144 valence electrons. The summed E-state index contributed by atoms with van der Waals surface area (Å²) in [5.41, 5.74) is 7.80. The van der Waals surface area contributed by atoms with E-state index in [-0.39, 0.29) is 6.61 Å². The highest BCUT2D eigenvalue weighted by Crippen LogP contribution is 2.38. The van der Waals surface area contributed by atoms with Crippen LogP contribution >= 0.6 is 11.8 Å². The second-order valence-corrected chi connectivity index (χ2v) is 6.64. The summed E-state index contributed by atoms with van der Waals surface area (Å²) < 4.78 is 20.5. The Hall–Kier alpha value is -2.46. The summed E-state index contributed by atoms with van der Waals surface area (Å²) in [4.78, 5) is 48.2. The van der Waals surface area contributed by atoms with E-state index in [1.807, 2.05) is 0 Å². The lowest BCUT2D eigenvalue weighted by Gasteiger charge is -2.42. The molecule has 11 nitrogen and oxygen atoms in total. The van der Waals surface area contributed by atoms with Crippen molar-refractivity contribution in [3.05, 3.63) is 10.4 Å². The molecule has 0 aromatic carbocycles. The first-order valence-electron chi connectivity index (χ1n) is 7.50. The van der Waals surface area contributed by atoms with E-state index >= 15 is 0 Å². The van der Waals surface area contributed by atoms with Crippen molar-refractivity contribution in [1.29, 1.82) is 0 Å². The van der Waals surface area contributed by atoms with Crippen molar-refractivity contribution < 1.29 is 38.1 Å². The van der Waals surface area contributed by atoms with Crippen molar-refractivity contribution in [1.82, 2.24) is 0 Å². The molecule has 1 aliphatic heterocycles. The number of carbonyl (C=O) groups excluding carboxylic acids is 4. The Balaban J connectivity index is 3.28. The number of carbonyl (C=O) groups is 4. The van der Waals surface area contributed by atoms with E-state index in [0.717, 1.165) is 32.5 Å². The molecule has 0 spiro atoms. The van der Waals surface area contributed by atoms with Gasteiger partial charge in [0.25, 0.3) is 0 Å². The fourth-order valence-electron chi connectivity index (χ4n) is 2.33. The number of ether oxygens (including phenoxy) is 4. The van der Waals surface area contributed by atoms with Crippen molar-refractivity contribution >= 4 is 35.6 Å². The molecule has 1 aliphatic rings. The van der Waals surface area contributed by atoms with E-state index in [4.69, 9.17) is 24.5 Å². The molecule has 1 fully saturated rings.